The Morgan fingerprint density at radius 2 is 2.25 bits per heavy atom. The van der Waals surface area contributed by atoms with Crippen molar-refractivity contribution < 1.29 is 9.84 Å². The second-order valence-corrected chi connectivity index (χ2v) is 3.69. The van der Waals surface area contributed by atoms with E-state index in [1.807, 2.05) is 11.9 Å². The first-order chi connectivity index (χ1) is 7.52. The quantitative estimate of drug-likeness (QED) is 0.724. The minimum Gasteiger partial charge on any atom is -0.389 e. The lowest BCUT2D eigenvalue weighted by Crippen LogP contribution is -2.32. The van der Waals surface area contributed by atoms with Gasteiger partial charge in [-0.25, -0.2) is 9.97 Å². The van der Waals surface area contributed by atoms with Gasteiger partial charge in [0.25, 0.3) is 0 Å². The van der Waals surface area contributed by atoms with E-state index < -0.39 is 6.10 Å². The van der Waals surface area contributed by atoms with Gasteiger partial charge in [0.1, 0.15) is 17.5 Å². The fourth-order valence-corrected chi connectivity index (χ4v) is 1.42. The number of aliphatic hydroxyl groups excluding tert-OH is 1. The molecule has 0 aromatic carbocycles. The molecule has 1 unspecified atom stereocenters. The Hall–Kier alpha value is -1.40. The first-order valence-corrected chi connectivity index (χ1v) is 5.02. The van der Waals surface area contributed by atoms with Crippen LogP contribution in [0.25, 0.3) is 0 Å². The number of ether oxygens (including phenoxy) is 1. The van der Waals surface area contributed by atoms with Crippen molar-refractivity contribution in [3.8, 4) is 0 Å². The number of rotatable bonds is 5. The summed E-state index contributed by atoms with van der Waals surface area (Å²) in [5, 5.41) is 9.58. The third kappa shape index (κ3) is 3.63. The van der Waals surface area contributed by atoms with Crippen LogP contribution in [0, 0.1) is 6.92 Å². The molecule has 1 atom stereocenters. The van der Waals surface area contributed by atoms with E-state index >= 15 is 0 Å². The highest BCUT2D eigenvalue weighted by atomic mass is 16.5. The molecule has 1 aromatic heterocycles. The van der Waals surface area contributed by atoms with E-state index in [0.717, 1.165) is 0 Å². The summed E-state index contributed by atoms with van der Waals surface area (Å²) in [6.45, 7) is 2.51. The van der Waals surface area contributed by atoms with Crippen LogP contribution in [0.4, 0.5) is 11.6 Å². The molecule has 0 saturated heterocycles. The van der Waals surface area contributed by atoms with Gasteiger partial charge >= 0.3 is 0 Å². The zero-order valence-corrected chi connectivity index (χ0v) is 9.84. The molecule has 0 bridgehead atoms. The molecule has 1 aromatic rings. The van der Waals surface area contributed by atoms with Gasteiger partial charge in [-0.1, -0.05) is 0 Å². The summed E-state index contributed by atoms with van der Waals surface area (Å²) in [5.41, 5.74) is 5.62. The van der Waals surface area contributed by atoms with Crippen LogP contribution in [0.3, 0.4) is 0 Å². The van der Waals surface area contributed by atoms with Crippen molar-refractivity contribution in [2.75, 3.05) is 37.9 Å². The van der Waals surface area contributed by atoms with Crippen molar-refractivity contribution in [2.24, 2.45) is 0 Å². The Morgan fingerprint density at radius 1 is 1.56 bits per heavy atom. The van der Waals surface area contributed by atoms with Crippen molar-refractivity contribution in [1.29, 1.82) is 0 Å². The fraction of sp³-hybridized carbons (Fsp3) is 0.600. The second-order valence-electron chi connectivity index (χ2n) is 3.69. The Bertz CT molecular complexity index is 325. The summed E-state index contributed by atoms with van der Waals surface area (Å²) in [4.78, 5) is 10.0. The van der Waals surface area contributed by atoms with Crippen molar-refractivity contribution >= 4 is 11.6 Å². The fourth-order valence-electron chi connectivity index (χ4n) is 1.42. The van der Waals surface area contributed by atoms with Gasteiger partial charge in [0, 0.05) is 26.8 Å². The molecule has 6 nitrogen and oxygen atoms in total. The number of nitrogen functional groups attached to an aromatic ring is 1. The molecule has 0 fully saturated rings. The Balaban J connectivity index is 2.68. The molecule has 0 aliphatic carbocycles. The van der Waals surface area contributed by atoms with Crippen LogP contribution in [-0.2, 0) is 4.74 Å². The van der Waals surface area contributed by atoms with Crippen LogP contribution in [0.5, 0.6) is 0 Å². The summed E-state index contributed by atoms with van der Waals surface area (Å²) < 4.78 is 4.85. The zero-order valence-electron chi connectivity index (χ0n) is 9.84. The largest absolute Gasteiger partial charge is 0.389 e. The molecular weight excluding hydrogens is 208 g/mol. The number of nitrogens with zero attached hydrogens (tertiary/aromatic N) is 3. The molecule has 1 rings (SSSR count). The van der Waals surface area contributed by atoms with Gasteiger partial charge < -0.3 is 20.5 Å². The highest BCUT2D eigenvalue weighted by Gasteiger charge is 2.10. The second kappa shape index (κ2) is 5.62. The highest BCUT2D eigenvalue weighted by molar-refractivity contribution is 5.46. The summed E-state index contributed by atoms with van der Waals surface area (Å²) >= 11 is 0. The number of anilines is 2. The molecule has 0 amide bonds. The van der Waals surface area contributed by atoms with Gasteiger partial charge in [-0.3, -0.25) is 0 Å². The molecule has 1 heterocycles. The number of likely N-dealkylation sites (N-methyl/N-ethyl adjacent to an activating group) is 1. The number of aromatic nitrogens is 2. The standard InChI is InChI=1S/C10H18N4O2/c1-7-12-9(11)4-10(13-7)14(2)5-8(15)6-16-3/h4,8,15H,5-6H2,1-3H3,(H2,11,12,13). The maximum Gasteiger partial charge on any atom is 0.134 e. The van der Waals surface area contributed by atoms with Crippen LogP contribution in [0.15, 0.2) is 6.07 Å². The lowest BCUT2D eigenvalue weighted by Gasteiger charge is -2.21. The lowest BCUT2D eigenvalue weighted by molar-refractivity contribution is 0.0694. The first kappa shape index (κ1) is 12.7. The van der Waals surface area contributed by atoms with Crippen molar-refractivity contribution in [2.45, 2.75) is 13.0 Å². The van der Waals surface area contributed by atoms with E-state index in [1.165, 1.54) is 0 Å². The minimum absolute atomic E-state index is 0.296. The van der Waals surface area contributed by atoms with Crippen LogP contribution >= 0.6 is 0 Å². The van der Waals surface area contributed by atoms with E-state index in [9.17, 15) is 5.11 Å². The zero-order chi connectivity index (χ0) is 12.1. The minimum atomic E-state index is -0.550. The normalized spacial score (nSPS) is 12.5. The lowest BCUT2D eigenvalue weighted by atomic mass is 10.3. The monoisotopic (exact) mass is 226 g/mol. The van der Waals surface area contributed by atoms with Crippen LogP contribution in [0.1, 0.15) is 5.82 Å². The van der Waals surface area contributed by atoms with Crippen molar-refractivity contribution in [1.82, 2.24) is 9.97 Å². The first-order valence-electron chi connectivity index (χ1n) is 5.02. The Labute approximate surface area is 95.1 Å². The number of methoxy groups -OCH3 is 1. The van der Waals surface area contributed by atoms with Gasteiger partial charge in [0.15, 0.2) is 0 Å². The van der Waals surface area contributed by atoms with Crippen molar-refractivity contribution in [3.05, 3.63) is 11.9 Å². The predicted molar refractivity (Wildman–Crippen MR) is 62.3 cm³/mol. The topological polar surface area (TPSA) is 84.5 Å². The predicted octanol–water partition coefficient (Wildman–Crippen LogP) is -0.189. The number of aliphatic hydroxyl groups is 1. The van der Waals surface area contributed by atoms with E-state index in [4.69, 9.17) is 10.5 Å². The number of nitrogens with two attached hydrogens (primary N) is 1. The molecule has 0 spiro atoms. The Morgan fingerprint density at radius 3 is 2.81 bits per heavy atom. The molecule has 90 valence electrons. The molecule has 0 aliphatic heterocycles. The summed E-state index contributed by atoms with van der Waals surface area (Å²) in [6, 6.07) is 1.67. The average Bonchev–Trinajstić information content (AvgIpc) is 2.16. The van der Waals surface area contributed by atoms with E-state index in [0.29, 0.717) is 30.6 Å². The molecule has 16 heavy (non-hydrogen) atoms. The molecule has 6 heteroatoms. The Kier molecular flexibility index (Phi) is 4.45. The average molecular weight is 226 g/mol. The molecule has 3 N–H and O–H groups in total. The molecule has 0 saturated carbocycles. The SMILES string of the molecule is COCC(O)CN(C)c1cc(N)nc(C)n1. The molecule has 0 aliphatic rings. The summed E-state index contributed by atoms with van der Waals surface area (Å²) in [6.07, 6.45) is -0.550. The van der Waals surface area contributed by atoms with Crippen LogP contribution in [-0.4, -0.2) is 48.5 Å². The van der Waals surface area contributed by atoms with Crippen LogP contribution < -0.4 is 10.6 Å². The van der Waals surface area contributed by atoms with Crippen molar-refractivity contribution in [3.63, 3.8) is 0 Å². The van der Waals surface area contributed by atoms with E-state index in [-0.39, 0.29) is 0 Å². The van der Waals surface area contributed by atoms with E-state index in [2.05, 4.69) is 9.97 Å². The molecular formula is C10H18N4O2. The third-order valence-corrected chi connectivity index (χ3v) is 2.08. The maximum absolute atomic E-state index is 9.58. The van der Waals surface area contributed by atoms with Gasteiger partial charge in [0.05, 0.1) is 12.7 Å². The number of hydrogen-bond donors (Lipinski definition) is 2. The smallest absolute Gasteiger partial charge is 0.134 e. The van der Waals surface area contributed by atoms with E-state index in [1.54, 1.807) is 20.1 Å². The van der Waals surface area contributed by atoms with Gasteiger partial charge in [-0.2, -0.15) is 0 Å². The van der Waals surface area contributed by atoms with Crippen LogP contribution in [0.2, 0.25) is 0 Å². The van der Waals surface area contributed by atoms with Gasteiger partial charge in [-0.15, -0.1) is 0 Å². The number of aryl methyl sites for hydroxylation is 1. The highest BCUT2D eigenvalue weighted by Crippen LogP contribution is 2.12. The third-order valence-electron chi connectivity index (χ3n) is 2.08. The van der Waals surface area contributed by atoms with Gasteiger partial charge in [-0.05, 0) is 6.92 Å². The summed E-state index contributed by atoms with van der Waals surface area (Å²) in [5.74, 6) is 1.74. The maximum atomic E-state index is 9.58. The summed E-state index contributed by atoms with van der Waals surface area (Å²) in [7, 11) is 3.39. The molecule has 0 radical (unpaired) electrons. The van der Waals surface area contributed by atoms with Gasteiger partial charge in [0.2, 0.25) is 0 Å². The number of hydrogen-bond acceptors (Lipinski definition) is 6.